The SMILES string of the molecule is COc1ccc(COc2cc(C)ccc2[C@@H](C)N)cc1. The number of benzene rings is 2. The number of hydrogen-bond donors (Lipinski definition) is 1. The highest BCUT2D eigenvalue weighted by atomic mass is 16.5. The molecule has 0 amide bonds. The Morgan fingerprint density at radius 2 is 1.80 bits per heavy atom. The Kier molecular flexibility index (Phi) is 4.64. The van der Waals surface area contributed by atoms with E-state index in [1.807, 2.05) is 50.2 Å². The van der Waals surface area contributed by atoms with Crippen molar-refractivity contribution in [1.82, 2.24) is 0 Å². The largest absolute Gasteiger partial charge is 0.497 e. The van der Waals surface area contributed by atoms with Gasteiger partial charge in [0, 0.05) is 11.6 Å². The molecule has 0 aliphatic carbocycles. The van der Waals surface area contributed by atoms with Crippen LogP contribution in [0.3, 0.4) is 0 Å². The van der Waals surface area contributed by atoms with Gasteiger partial charge in [0.15, 0.2) is 0 Å². The fraction of sp³-hybridized carbons (Fsp3) is 0.294. The van der Waals surface area contributed by atoms with Gasteiger partial charge in [-0.1, -0.05) is 24.3 Å². The Bertz CT molecular complexity index is 562. The second kappa shape index (κ2) is 6.44. The van der Waals surface area contributed by atoms with E-state index in [1.54, 1.807) is 7.11 Å². The quantitative estimate of drug-likeness (QED) is 0.903. The van der Waals surface area contributed by atoms with Crippen LogP contribution >= 0.6 is 0 Å². The minimum Gasteiger partial charge on any atom is -0.497 e. The molecule has 0 spiro atoms. The first-order valence-corrected chi connectivity index (χ1v) is 6.72. The monoisotopic (exact) mass is 271 g/mol. The predicted molar refractivity (Wildman–Crippen MR) is 81.1 cm³/mol. The molecule has 0 aromatic heterocycles. The van der Waals surface area contributed by atoms with E-state index < -0.39 is 0 Å². The first-order valence-electron chi connectivity index (χ1n) is 6.72. The summed E-state index contributed by atoms with van der Waals surface area (Å²) < 4.78 is 11.1. The number of nitrogens with two attached hydrogens (primary N) is 1. The van der Waals surface area contributed by atoms with Crippen molar-refractivity contribution in [2.45, 2.75) is 26.5 Å². The summed E-state index contributed by atoms with van der Waals surface area (Å²) in [6.07, 6.45) is 0. The lowest BCUT2D eigenvalue weighted by molar-refractivity contribution is 0.301. The molecule has 3 heteroatoms. The molecule has 0 heterocycles. The van der Waals surface area contributed by atoms with Crippen molar-refractivity contribution < 1.29 is 9.47 Å². The van der Waals surface area contributed by atoms with Crippen LogP contribution in [0.2, 0.25) is 0 Å². The highest BCUT2D eigenvalue weighted by molar-refractivity contribution is 5.39. The van der Waals surface area contributed by atoms with E-state index in [4.69, 9.17) is 15.2 Å². The summed E-state index contributed by atoms with van der Waals surface area (Å²) >= 11 is 0. The van der Waals surface area contributed by atoms with Crippen LogP contribution in [0.1, 0.15) is 29.7 Å². The fourth-order valence-electron chi connectivity index (χ4n) is 2.03. The van der Waals surface area contributed by atoms with Crippen molar-refractivity contribution >= 4 is 0 Å². The zero-order valence-corrected chi connectivity index (χ0v) is 12.2. The highest BCUT2D eigenvalue weighted by Crippen LogP contribution is 2.26. The Morgan fingerprint density at radius 1 is 1.10 bits per heavy atom. The Morgan fingerprint density at radius 3 is 2.40 bits per heavy atom. The highest BCUT2D eigenvalue weighted by Gasteiger charge is 2.08. The van der Waals surface area contributed by atoms with Gasteiger partial charge in [0.25, 0.3) is 0 Å². The molecule has 2 aromatic rings. The number of hydrogen-bond acceptors (Lipinski definition) is 3. The minimum atomic E-state index is -0.0403. The van der Waals surface area contributed by atoms with E-state index in [-0.39, 0.29) is 6.04 Å². The van der Waals surface area contributed by atoms with E-state index >= 15 is 0 Å². The lowest BCUT2D eigenvalue weighted by atomic mass is 10.1. The van der Waals surface area contributed by atoms with Crippen LogP contribution in [-0.4, -0.2) is 7.11 Å². The van der Waals surface area contributed by atoms with Crippen LogP contribution in [0.15, 0.2) is 42.5 Å². The van der Waals surface area contributed by atoms with Crippen LogP contribution < -0.4 is 15.2 Å². The number of methoxy groups -OCH3 is 1. The lowest BCUT2D eigenvalue weighted by Crippen LogP contribution is -2.08. The van der Waals surface area contributed by atoms with Gasteiger partial charge < -0.3 is 15.2 Å². The normalized spacial score (nSPS) is 12.0. The van der Waals surface area contributed by atoms with Gasteiger partial charge in [0.05, 0.1) is 7.11 Å². The summed E-state index contributed by atoms with van der Waals surface area (Å²) in [6.45, 7) is 4.53. The average molecular weight is 271 g/mol. The lowest BCUT2D eigenvalue weighted by Gasteiger charge is -2.15. The average Bonchev–Trinajstić information content (AvgIpc) is 2.45. The summed E-state index contributed by atoms with van der Waals surface area (Å²) in [6, 6.07) is 13.9. The minimum absolute atomic E-state index is 0.0403. The Hall–Kier alpha value is -2.00. The van der Waals surface area contributed by atoms with E-state index in [0.29, 0.717) is 6.61 Å². The molecular formula is C17H21NO2. The molecule has 0 aliphatic heterocycles. The summed E-state index contributed by atoms with van der Waals surface area (Å²) in [5.74, 6) is 1.70. The molecule has 2 aromatic carbocycles. The van der Waals surface area contributed by atoms with Gasteiger partial charge in [-0.15, -0.1) is 0 Å². The zero-order valence-electron chi connectivity index (χ0n) is 12.2. The Balaban J connectivity index is 2.11. The molecule has 0 saturated heterocycles. The third-order valence-electron chi connectivity index (χ3n) is 3.21. The van der Waals surface area contributed by atoms with E-state index in [9.17, 15) is 0 Å². The molecule has 0 radical (unpaired) electrons. The molecule has 2 rings (SSSR count). The molecule has 2 N–H and O–H groups in total. The molecule has 3 nitrogen and oxygen atoms in total. The molecule has 0 bridgehead atoms. The Labute approximate surface area is 120 Å². The maximum absolute atomic E-state index is 5.97. The summed E-state index contributed by atoms with van der Waals surface area (Å²) in [5.41, 5.74) is 9.27. The van der Waals surface area contributed by atoms with Crippen molar-refractivity contribution in [3.05, 3.63) is 59.2 Å². The smallest absolute Gasteiger partial charge is 0.124 e. The third-order valence-corrected chi connectivity index (χ3v) is 3.21. The van der Waals surface area contributed by atoms with Gasteiger partial charge in [0.2, 0.25) is 0 Å². The van der Waals surface area contributed by atoms with Gasteiger partial charge in [-0.2, -0.15) is 0 Å². The molecule has 0 unspecified atom stereocenters. The molecular weight excluding hydrogens is 250 g/mol. The molecule has 20 heavy (non-hydrogen) atoms. The second-order valence-electron chi connectivity index (χ2n) is 4.97. The summed E-state index contributed by atoms with van der Waals surface area (Å²) in [5, 5.41) is 0. The van der Waals surface area contributed by atoms with Gasteiger partial charge in [0.1, 0.15) is 18.1 Å². The van der Waals surface area contributed by atoms with Crippen LogP contribution in [0.5, 0.6) is 11.5 Å². The molecule has 106 valence electrons. The second-order valence-corrected chi connectivity index (χ2v) is 4.97. The van der Waals surface area contributed by atoms with Crippen LogP contribution in [-0.2, 0) is 6.61 Å². The van der Waals surface area contributed by atoms with Crippen molar-refractivity contribution in [3.8, 4) is 11.5 Å². The van der Waals surface area contributed by atoms with Crippen LogP contribution in [0.25, 0.3) is 0 Å². The third kappa shape index (κ3) is 3.52. The molecule has 0 fully saturated rings. The van der Waals surface area contributed by atoms with Crippen LogP contribution in [0, 0.1) is 6.92 Å². The van der Waals surface area contributed by atoms with E-state index in [1.165, 1.54) is 5.56 Å². The van der Waals surface area contributed by atoms with Crippen molar-refractivity contribution in [2.75, 3.05) is 7.11 Å². The number of aryl methyl sites for hydroxylation is 1. The van der Waals surface area contributed by atoms with Gasteiger partial charge in [-0.25, -0.2) is 0 Å². The molecule has 0 aliphatic rings. The van der Waals surface area contributed by atoms with Crippen molar-refractivity contribution in [2.24, 2.45) is 5.73 Å². The van der Waals surface area contributed by atoms with Crippen LogP contribution in [0.4, 0.5) is 0 Å². The van der Waals surface area contributed by atoms with E-state index in [0.717, 1.165) is 22.6 Å². The van der Waals surface area contributed by atoms with Gasteiger partial charge >= 0.3 is 0 Å². The summed E-state index contributed by atoms with van der Waals surface area (Å²) in [4.78, 5) is 0. The zero-order chi connectivity index (χ0) is 14.5. The van der Waals surface area contributed by atoms with E-state index in [2.05, 4.69) is 6.07 Å². The van der Waals surface area contributed by atoms with Gasteiger partial charge in [-0.05, 0) is 43.2 Å². The molecule has 1 atom stereocenters. The first kappa shape index (κ1) is 14.4. The van der Waals surface area contributed by atoms with Crippen molar-refractivity contribution in [3.63, 3.8) is 0 Å². The van der Waals surface area contributed by atoms with Crippen molar-refractivity contribution in [1.29, 1.82) is 0 Å². The predicted octanol–water partition coefficient (Wildman–Crippen LogP) is 3.60. The first-order chi connectivity index (χ1) is 9.60. The summed E-state index contributed by atoms with van der Waals surface area (Å²) in [7, 11) is 1.66. The van der Waals surface area contributed by atoms with Gasteiger partial charge in [-0.3, -0.25) is 0 Å². The number of ether oxygens (including phenoxy) is 2. The maximum atomic E-state index is 5.97. The number of rotatable bonds is 5. The topological polar surface area (TPSA) is 44.5 Å². The maximum Gasteiger partial charge on any atom is 0.124 e. The standard InChI is InChI=1S/C17H21NO2/c1-12-4-9-16(13(2)18)17(10-12)20-11-14-5-7-15(19-3)8-6-14/h4-10,13H,11,18H2,1-3H3/t13-/m1/s1. The fourth-order valence-corrected chi connectivity index (χ4v) is 2.03. The molecule has 0 saturated carbocycles.